The number of benzene rings is 2. The van der Waals surface area contributed by atoms with E-state index in [0.717, 1.165) is 48.0 Å². The molecule has 0 aliphatic carbocycles. The molecule has 2 aromatic carbocycles. The van der Waals surface area contributed by atoms with E-state index in [1.807, 2.05) is 30.5 Å². The second kappa shape index (κ2) is 11.1. The zero-order valence-electron chi connectivity index (χ0n) is 21.0. The largest absolute Gasteiger partial charge is 0.389 e. The summed E-state index contributed by atoms with van der Waals surface area (Å²) in [6.45, 7) is 2.94. The number of rotatable bonds is 7. The van der Waals surface area contributed by atoms with Crippen LogP contribution >= 0.6 is 11.6 Å². The first-order chi connectivity index (χ1) is 17.8. The highest BCUT2D eigenvalue weighted by molar-refractivity contribution is 6.30. The lowest BCUT2D eigenvalue weighted by atomic mass is 9.84. The molecule has 3 heterocycles. The van der Waals surface area contributed by atoms with Crippen LogP contribution in [0.1, 0.15) is 49.1 Å². The zero-order chi connectivity index (χ0) is 26.0. The van der Waals surface area contributed by atoms with Gasteiger partial charge in [-0.25, -0.2) is 4.39 Å². The molecule has 2 aliphatic heterocycles. The molecule has 0 radical (unpaired) electrons. The molecule has 0 spiro atoms. The van der Waals surface area contributed by atoms with E-state index in [0.29, 0.717) is 56.3 Å². The van der Waals surface area contributed by atoms with Crippen LogP contribution in [0.3, 0.4) is 0 Å². The SMILES string of the molecule is O=C(CCc1ccc(Cl)cc1)N1CCC(O)(C(O)CN2CCC(c3c[nH]c4ccc(F)cc34)CC2)CC1. The van der Waals surface area contributed by atoms with Gasteiger partial charge in [0.2, 0.25) is 5.91 Å². The summed E-state index contributed by atoms with van der Waals surface area (Å²) in [5, 5.41) is 23.8. The molecule has 3 aromatic rings. The quantitative estimate of drug-likeness (QED) is 0.423. The smallest absolute Gasteiger partial charge is 0.222 e. The normalized spacial score (nSPS) is 19.8. The second-order valence-corrected chi connectivity index (χ2v) is 11.1. The Kier molecular flexibility index (Phi) is 7.86. The van der Waals surface area contributed by atoms with Gasteiger partial charge in [0.15, 0.2) is 0 Å². The minimum Gasteiger partial charge on any atom is -0.389 e. The Morgan fingerprint density at radius 1 is 1.11 bits per heavy atom. The lowest BCUT2D eigenvalue weighted by Crippen LogP contribution is -2.56. The van der Waals surface area contributed by atoms with Crippen molar-refractivity contribution in [2.24, 2.45) is 0 Å². The summed E-state index contributed by atoms with van der Waals surface area (Å²) >= 11 is 5.93. The number of carbonyl (C=O) groups excluding carboxylic acids is 1. The number of hydrogen-bond donors (Lipinski definition) is 3. The molecule has 2 saturated heterocycles. The van der Waals surface area contributed by atoms with E-state index in [-0.39, 0.29) is 11.7 Å². The molecule has 2 aliphatic rings. The van der Waals surface area contributed by atoms with Crippen molar-refractivity contribution in [3.63, 3.8) is 0 Å². The first kappa shape index (κ1) is 26.2. The van der Waals surface area contributed by atoms with Gasteiger partial charge in [-0.1, -0.05) is 23.7 Å². The van der Waals surface area contributed by atoms with Gasteiger partial charge in [-0.15, -0.1) is 0 Å². The van der Waals surface area contributed by atoms with E-state index in [2.05, 4.69) is 9.88 Å². The van der Waals surface area contributed by atoms with Gasteiger partial charge in [0.05, 0.1) is 11.7 Å². The van der Waals surface area contributed by atoms with Crippen LogP contribution in [-0.4, -0.2) is 75.3 Å². The van der Waals surface area contributed by atoms with Crippen molar-refractivity contribution in [2.75, 3.05) is 32.7 Å². The number of aliphatic hydroxyl groups excluding tert-OH is 1. The number of piperidine rings is 2. The number of likely N-dealkylation sites (tertiary alicyclic amines) is 2. The van der Waals surface area contributed by atoms with E-state index in [1.54, 1.807) is 17.0 Å². The number of carbonyl (C=O) groups is 1. The summed E-state index contributed by atoms with van der Waals surface area (Å²) in [6, 6.07) is 12.4. The van der Waals surface area contributed by atoms with Crippen LogP contribution in [0.15, 0.2) is 48.7 Å². The lowest BCUT2D eigenvalue weighted by molar-refractivity contribution is -0.144. The maximum Gasteiger partial charge on any atom is 0.222 e. The minimum absolute atomic E-state index is 0.0747. The molecule has 37 heavy (non-hydrogen) atoms. The molecule has 1 unspecified atom stereocenters. The number of fused-ring (bicyclic) bond motifs is 1. The van der Waals surface area contributed by atoms with E-state index < -0.39 is 11.7 Å². The number of aromatic nitrogens is 1. The molecular formula is C29H35ClFN3O3. The van der Waals surface area contributed by atoms with E-state index in [9.17, 15) is 19.4 Å². The summed E-state index contributed by atoms with van der Waals surface area (Å²) in [7, 11) is 0. The third-order valence-electron chi connectivity index (χ3n) is 8.28. The number of aryl methyl sites for hydroxylation is 1. The molecule has 1 atom stereocenters. The Labute approximate surface area is 222 Å². The van der Waals surface area contributed by atoms with Crippen LogP contribution in [-0.2, 0) is 11.2 Å². The first-order valence-corrected chi connectivity index (χ1v) is 13.6. The number of β-amino-alcohol motifs (C(OH)–C–C–N with tert-alkyl or cyclic N) is 1. The number of hydrogen-bond acceptors (Lipinski definition) is 4. The van der Waals surface area contributed by atoms with Crippen molar-refractivity contribution in [2.45, 2.75) is 56.1 Å². The Morgan fingerprint density at radius 3 is 2.51 bits per heavy atom. The van der Waals surface area contributed by atoms with Crippen molar-refractivity contribution in [1.29, 1.82) is 0 Å². The molecule has 1 amide bonds. The van der Waals surface area contributed by atoms with Crippen molar-refractivity contribution in [1.82, 2.24) is 14.8 Å². The van der Waals surface area contributed by atoms with Crippen LogP contribution in [0.25, 0.3) is 10.9 Å². The fourth-order valence-electron chi connectivity index (χ4n) is 5.83. The average Bonchev–Trinajstić information content (AvgIpc) is 3.32. The summed E-state index contributed by atoms with van der Waals surface area (Å²) < 4.78 is 13.8. The molecule has 198 valence electrons. The van der Waals surface area contributed by atoms with Gasteiger partial charge in [-0.3, -0.25) is 4.79 Å². The van der Waals surface area contributed by atoms with Crippen molar-refractivity contribution in [3.05, 3.63) is 70.6 Å². The highest BCUT2D eigenvalue weighted by Gasteiger charge is 2.41. The van der Waals surface area contributed by atoms with Gasteiger partial charge in [-0.05, 0) is 92.6 Å². The number of aromatic amines is 1. The van der Waals surface area contributed by atoms with Crippen molar-refractivity contribution >= 4 is 28.4 Å². The van der Waals surface area contributed by atoms with Gasteiger partial charge in [0, 0.05) is 48.2 Å². The topological polar surface area (TPSA) is 79.8 Å². The molecule has 0 bridgehead atoms. The maximum atomic E-state index is 13.8. The summed E-state index contributed by atoms with van der Waals surface area (Å²) in [4.78, 5) is 19.9. The van der Waals surface area contributed by atoms with Crippen molar-refractivity contribution < 1.29 is 19.4 Å². The maximum absolute atomic E-state index is 13.8. The predicted octanol–water partition coefficient (Wildman–Crippen LogP) is 4.49. The third kappa shape index (κ3) is 6.01. The standard InChI is InChI=1S/C29H35ClFN3O3/c30-22-4-1-20(2-5-22)3-8-28(36)34-15-11-29(37,12-16-34)27(35)19-33-13-9-21(10-14-33)25-18-32-26-7-6-23(31)17-24(25)26/h1-2,4-7,17-18,21,27,32,35,37H,3,8-16,19H2. The van der Waals surface area contributed by atoms with Gasteiger partial charge in [0.25, 0.3) is 0 Å². The van der Waals surface area contributed by atoms with Gasteiger partial charge in [0.1, 0.15) is 5.82 Å². The molecule has 8 heteroatoms. The monoisotopic (exact) mass is 527 g/mol. The van der Waals surface area contributed by atoms with E-state index in [4.69, 9.17) is 11.6 Å². The molecule has 0 saturated carbocycles. The summed E-state index contributed by atoms with van der Waals surface area (Å²) in [5.41, 5.74) is 1.99. The number of nitrogens with one attached hydrogen (secondary N) is 1. The fraction of sp³-hybridized carbons (Fsp3) is 0.483. The summed E-state index contributed by atoms with van der Waals surface area (Å²) in [6.07, 6.45) is 4.79. The van der Waals surface area contributed by atoms with Gasteiger partial charge in [-0.2, -0.15) is 0 Å². The average molecular weight is 528 g/mol. The van der Waals surface area contributed by atoms with Crippen LogP contribution in [0, 0.1) is 5.82 Å². The van der Waals surface area contributed by atoms with Crippen LogP contribution < -0.4 is 0 Å². The Bertz CT molecular complexity index is 1210. The number of halogens is 2. The second-order valence-electron chi connectivity index (χ2n) is 10.6. The van der Waals surface area contributed by atoms with E-state index in [1.165, 1.54) is 6.07 Å². The number of H-pyrrole nitrogens is 1. The van der Waals surface area contributed by atoms with Gasteiger partial charge < -0.3 is 25.0 Å². The number of nitrogens with zero attached hydrogens (tertiary/aromatic N) is 2. The molecule has 2 fully saturated rings. The highest BCUT2D eigenvalue weighted by atomic mass is 35.5. The molecular weight excluding hydrogens is 493 g/mol. The van der Waals surface area contributed by atoms with Crippen LogP contribution in [0.5, 0.6) is 0 Å². The number of amides is 1. The van der Waals surface area contributed by atoms with Gasteiger partial charge >= 0.3 is 0 Å². The minimum atomic E-state index is -1.18. The van der Waals surface area contributed by atoms with Crippen molar-refractivity contribution in [3.8, 4) is 0 Å². The predicted molar refractivity (Wildman–Crippen MR) is 143 cm³/mol. The number of aliphatic hydroxyl groups is 2. The van der Waals surface area contributed by atoms with Crippen LogP contribution in [0.2, 0.25) is 5.02 Å². The molecule has 5 rings (SSSR count). The molecule has 6 nitrogen and oxygen atoms in total. The lowest BCUT2D eigenvalue weighted by Gasteiger charge is -2.43. The Balaban J connectivity index is 1.08. The van der Waals surface area contributed by atoms with Crippen LogP contribution in [0.4, 0.5) is 4.39 Å². The van der Waals surface area contributed by atoms with E-state index >= 15 is 0 Å². The molecule has 3 N–H and O–H groups in total. The summed E-state index contributed by atoms with van der Waals surface area (Å²) in [5.74, 6) is 0.191. The zero-order valence-corrected chi connectivity index (χ0v) is 21.8. The third-order valence-corrected chi connectivity index (χ3v) is 8.53. The fourth-order valence-corrected chi connectivity index (χ4v) is 5.96. The Hall–Kier alpha value is -2.45. The molecule has 1 aromatic heterocycles. The first-order valence-electron chi connectivity index (χ1n) is 13.2. The highest BCUT2D eigenvalue weighted by Crippen LogP contribution is 2.34. The Morgan fingerprint density at radius 2 is 1.81 bits per heavy atom.